The molecule has 1 aliphatic rings. The quantitative estimate of drug-likeness (QED) is 0.838. The number of amides is 2. The minimum absolute atomic E-state index is 0.0652. The minimum Gasteiger partial charge on any atom is -0.497 e. The van der Waals surface area contributed by atoms with Crippen LogP contribution in [0.5, 0.6) is 5.75 Å². The van der Waals surface area contributed by atoms with E-state index >= 15 is 0 Å². The second-order valence-electron chi connectivity index (χ2n) is 5.80. The Balaban J connectivity index is 1.64. The van der Waals surface area contributed by atoms with E-state index in [1.54, 1.807) is 12.0 Å². The Hall–Kier alpha value is -2.60. The van der Waals surface area contributed by atoms with Crippen LogP contribution in [0.4, 0.5) is 0 Å². The number of hydrogen-bond donors (Lipinski definition) is 1. The number of nitrogens with one attached hydrogen (secondary N) is 1. The van der Waals surface area contributed by atoms with Crippen molar-refractivity contribution < 1.29 is 14.3 Å². The standard InChI is InChI=1S/C19H20N2O3S/c1-3-18(22)21-9-8-15-16(12-25-17(15)11-21)19(23)20-10-13-4-6-14(24-2)7-5-13/h3-7,12H,1,8-11H2,2H3,(H,20,23). The maximum Gasteiger partial charge on any atom is 0.252 e. The SMILES string of the molecule is C=CC(=O)N1CCc2c(C(=O)NCc3ccc(OC)cc3)csc2C1. The second-order valence-corrected chi connectivity index (χ2v) is 6.76. The molecule has 0 aliphatic carbocycles. The first kappa shape index (κ1) is 17.2. The van der Waals surface area contributed by atoms with E-state index in [9.17, 15) is 9.59 Å². The summed E-state index contributed by atoms with van der Waals surface area (Å²) >= 11 is 1.53. The molecule has 0 saturated heterocycles. The van der Waals surface area contributed by atoms with Crippen molar-refractivity contribution in [2.75, 3.05) is 13.7 Å². The summed E-state index contributed by atoms with van der Waals surface area (Å²) in [7, 11) is 1.63. The minimum atomic E-state index is -0.0724. The zero-order valence-electron chi connectivity index (χ0n) is 14.1. The lowest BCUT2D eigenvalue weighted by Crippen LogP contribution is -2.35. The number of benzene rings is 1. The van der Waals surface area contributed by atoms with Crippen LogP contribution in [0.3, 0.4) is 0 Å². The normalized spacial score (nSPS) is 13.1. The molecule has 1 aromatic carbocycles. The molecule has 1 aliphatic heterocycles. The van der Waals surface area contributed by atoms with Gasteiger partial charge in [0.25, 0.3) is 5.91 Å². The Morgan fingerprint density at radius 2 is 2.12 bits per heavy atom. The summed E-state index contributed by atoms with van der Waals surface area (Å²) < 4.78 is 5.13. The first-order valence-electron chi connectivity index (χ1n) is 8.04. The largest absolute Gasteiger partial charge is 0.497 e. The maximum absolute atomic E-state index is 12.5. The first-order chi connectivity index (χ1) is 12.1. The number of rotatable bonds is 5. The molecule has 6 heteroatoms. The Labute approximate surface area is 150 Å². The van der Waals surface area contributed by atoms with E-state index in [0.717, 1.165) is 27.3 Å². The molecule has 1 N–H and O–H groups in total. The number of thiophene rings is 1. The Kier molecular flexibility index (Phi) is 5.19. The van der Waals surface area contributed by atoms with Crippen LogP contribution in [-0.2, 0) is 24.3 Å². The third-order valence-electron chi connectivity index (χ3n) is 4.29. The van der Waals surface area contributed by atoms with Crippen molar-refractivity contribution >= 4 is 23.2 Å². The van der Waals surface area contributed by atoms with Gasteiger partial charge in [0.15, 0.2) is 0 Å². The van der Waals surface area contributed by atoms with Crippen molar-refractivity contribution in [3.05, 3.63) is 63.9 Å². The molecular formula is C19H20N2O3S. The van der Waals surface area contributed by atoms with Crippen LogP contribution >= 0.6 is 11.3 Å². The number of nitrogens with zero attached hydrogens (tertiary/aromatic N) is 1. The van der Waals surface area contributed by atoms with E-state index in [-0.39, 0.29) is 11.8 Å². The lowest BCUT2D eigenvalue weighted by atomic mass is 10.0. The van der Waals surface area contributed by atoms with Crippen molar-refractivity contribution in [3.63, 3.8) is 0 Å². The van der Waals surface area contributed by atoms with Crippen LogP contribution in [0.25, 0.3) is 0 Å². The zero-order valence-corrected chi connectivity index (χ0v) is 14.9. The van der Waals surface area contributed by atoms with Gasteiger partial charge < -0.3 is 15.0 Å². The van der Waals surface area contributed by atoms with Crippen molar-refractivity contribution in [3.8, 4) is 5.75 Å². The van der Waals surface area contributed by atoms with Gasteiger partial charge in [0.05, 0.1) is 19.2 Å². The number of fused-ring (bicyclic) bond motifs is 1. The fourth-order valence-electron chi connectivity index (χ4n) is 2.86. The molecule has 130 valence electrons. The van der Waals surface area contributed by atoms with E-state index in [2.05, 4.69) is 11.9 Å². The van der Waals surface area contributed by atoms with Gasteiger partial charge in [-0.2, -0.15) is 0 Å². The Morgan fingerprint density at radius 1 is 1.36 bits per heavy atom. The fourth-order valence-corrected chi connectivity index (χ4v) is 3.95. The van der Waals surface area contributed by atoms with Crippen LogP contribution in [-0.4, -0.2) is 30.4 Å². The van der Waals surface area contributed by atoms with Gasteiger partial charge >= 0.3 is 0 Å². The molecule has 0 saturated carbocycles. The van der Waals surface area contributed by atoms with Gasteiger partial charge in [-0.25, -0.2) is 0 Å². The number of methoxy groups -OCH3 is 1. The van der Waals surface area contributed by atoms with Gasteiger partial charge in [-0.3, -0.25) is 9.59 Å². The molecule has 0 bridgehead atoms. The smallest absolute Gasteiger partial charge is 0.252 e. The van der Waals surface area contributed by atoms with E-state index in [1.807, 2.05) is 29.6 Å². The highest BCUT2D eigenvalue weighted by atomic mass is 32.1. The van der Waals surface area contributed by atoms with Gasteiger partial charge in [0.1, 0.15) is 5.75 Å². The zero-order chi connectivity index (χ0) is 17.8. The molecule has 1 aromatic heterocycles. The Bertz CT molecular complexity index is 796. The lowest BCUT2D eigenvalue weighted by molar-refractivity contribution is -0.126. The van der Waals surface area contributed by atoms with E-state index in [0.29, 0.717) is 26.1 Å². The lowest BCUT2D eigenvalue weighted by Gasteiger charge is -2.26. The average molecular weight is 356 g/mol. The molecular weight excluding hydrogens is 336 g/mol. The Morgan fingerprint density at radius 3 is 2.80 bits per heavy atom. The van der Waals surface area contributed by atoms with Crippen molar-refractivity contribution in [1.29, 1.82) is 0 Å². The summed E-state index contributed by atoms with van der Waals surface area (Å²) in [5.74, 6) is 0.655. The summed E-state index contributed by atoms with van der Waals surface area (Å²) in [4.78, 5) is 27.1. The van der Waals surface area contributed by atoms with Crippen LogP contribution in [0, 0.1) is 0 Å². The first-order valence-corrected chi connectivity index (χ1v) is 8.92. The van der Waals surface area contributed by atoms with Crippen molar-refractivity contribution in [2.24, 2.45) is 0 Å². The fraction of sp³-hybridized carbons (Fsp3) is 0.263. The van der Waals surface area contributed by atoms with E-state index < -0.39 is 0 Å². The van der Waals surface area contributed by atoms with E-state index in [1.165, 1.54) is 17.4 Å². The monoisotopic (exact) mass is 356 g/mol. The third kappa shape index (κ3) is 3.74. The highest BCUT2D eigenvalue weighted by Crippen LogP contribution is 2.29. The van der Waals surface area contributed by atoms with Crippen LogP contribution in [0.1, 0.15) is 26.4 Å². The second kappa shape index (κ2) is 7.53. The van der Waals surface area contributed by atoms with E-state index in [4.69, 9.17) is 4.74 Å². The predicted octanol–water partition coefficient (Wildman–Crippen LogP) is 2.76. The van der Waals surface area contributed by atoms with Gasteiger partial charge in [-0.1, -0.05) is 18.7 Å². The molecule has 3 rings (SSSR count). The average Bonchev–Trinajstić information content (AvgIpc) is 3.09. The number of carbonyl (C=O) groups is 2. The van der Waals surface area contributed by atoms with Gasteiger partial charge in [-0.15, -0.1) is 11.3 Å². The summed E-state index contributed by atoms with van der Waals surface area (Å²) in [5, 5.41) is 4.85. The molecule has 0 unspecified atom stereocenters. The molecule has 0 atom stereocenters. The molecule has 5 nitrogen and oxygen atoms in total. The molecule has 0 fully saturated rings. The van der Waals surface area contributed by atoms with Crippen LogP contribution < -0.4 is 10.1 Å². The topological polar surface area (TPSA) is 58.6 Å². The highest BCUT2D eigenvalue weighted by Gasteiger charge is 2.25. The summed E-state index contributed by atoms with van der Waals surface area (Å²) in [6.45, 7) is 5.17. The van der Waals surface area contributed by atoms with Crippen molar-refractivity contribution in [2.45, 2.75) is 19.5 Å². The third-order valence-corrected chi connectivity index (χ3v) is 5.30. The van der Waals surface area contributed by atoms with Crippen LogP contribution in [0.15, 0.2) is 42.3 Å². The molecule has 2 aromatic rings. The maximum atomic E-state index is 12.5. The highest BCUT2D eigenvalue weighted by molar-refractivity contribution is 7.10. The number of carbonyl (C=O) groups excluding carboxylic acids is 2. The van der Waals surface area contributed by atoms with Gasteiger partial charge in [-0.05, 0) is 35.8 Å². The summed E-state index contributed by atoms with van der Waals surface area (Å²) in [5.41, 5.74) is 2.80. The van der Waals surface area contributed by atoms with Gasteiger partial charge in [0.2, 0.25) is 5.91 Å². The predicted molar refractivity (Wildman–Crippen MR) is 97.8 cm³/mol. The molecule has 2 heterocycles. The van der Waals surface area contributed by atoms with Crippen LogP contribution in [0.2, 0.25) is 0 Å². The van der Waals surface area contributed by atoms with Crippen molar-refractivity contribution in [1.82, 2.24) is 10.2 Å². The summed E-state index contributed by atoms with van der Waals surface area (Å²) in [6, 6.07) is 7.61. The summed E-state index contributed by atoms with van der Waals surface area (Å²) in [6.07, 6.45) is 2.03. The molecule has 2 amide bonds. The molecule has 0 radical (unpaired) electrons. The van der Waals surface area contributed by atoms with Gasteiger partial charge in [0, 0.05) is 23.3 Å². The molecule has 0 spiro atoms. The number of hydrogen-bond acceptors (Lipinski definition) is 4. The number of ether oxygens (including phenoxy) is 1. The molecule has 25 heavy (non-hydrogen) atoms.